The van der Waals surface area contributed by atoms with Crippen LogP contribution in [0.15, 0.2) is 24.9 Å². The minimum absolute atomic E-state index is 0.444. The molecule has 0 aliphatic carbocycles. The topological polar surface area (TPSA) is 16.1 Å². The number of rotatable bonds is 8. The van der Waals surface area contributed by atoms with E-state index in [9.17, 15) is 0 Å². The molecule has 2 heteroatoms. The van der Waals surface area contributed by atoms with Crippen molar-refractivity contribution in [1.82, 2.24) is 9.88 Å². The van der Waals surface area contributed by atoms with Crippen LogP contribution < -0.4 is 0 Å². The van der Waals surface area contributed by atoms with E-state index in [1.165, 1.54) is 19.3 Å². The van der Waals surface area contributed by atoms with Crippen LogP contribution in [-0.2, 0) is 0 Å². The lowest BCUT2D eigenvalue weighted by atomic mass is 9.81. The lowest BCUT2D eigenvalue weighted by molar-refractivity contribution is 0.237. The molecule has 1 heterocycles. The van der Waals surface area contributed by atoms with Crippen molar-refractivity contribution in [3.8, 4) is 0 Å². The highest BCUT2D eigenvalue weighted by molar-refractivity contribution is 5.60. The summed E-state index contributed by atoms with van der Waals surface area (Å²) in [5.41, 5.74) is 3.72. The first-order chi connectivity index (χ1) is 9.45. The second-order valence-corrected chi connectivity index (χ2v) is 5.98. The van der Waals surface area contributed by atoms with Crippen LogP contribution in [0.5, 0.6) is 0 Å². The van der Waals surface area contributed by atoms with Crippen molar-refractivity contribution in [2.75, 3.05) is 13.1 Å². The van der Waals surface area contributed by atoms with Gasteiger partial charge in [0.15, 0.2) is 0 Å². The molecule has 0 radical (unpaired) electrons. The van der Waals surface area contributed by atoms with Crippen molar-refractivity contribution in [2.24, 2.45) is 5.41 Å². The monoisotopic (exact) mass is 274 g/mol. The molecule has 0 fully saturated rings. The van der Waals surface area contributed by atoms with Gasteiger partial charge in [-0.15, -0.1) is 0 Å². The SMILES string of the molecule is C=C(c1ccc(C)nc1)N(CC)CCC(C)(CC)CC. The van der Waals surface area contributed by atoms with E-state index < -0.39 is 0 Å². The molecular weight excluding hydrogens is 244 g/mol. The Labute approximate surface area is 124 Å². The summed E-state index contributed by atoms with van der Waals surface area (Å²) in [4.78, 5) is 6.74. The van der Waals surface area contributed by atoms with Crippen LogP contribution in [0.25, 0.3) is 5.70 Å². The molecule has 1 aromatic heterocycles. The molecule has 0 aliphatic heterocycles. The Kier molecular flexibility index (Phi) is 6.25. The Morgan fingerprint density at radius 1 is 1.25 bits per heavy atom. The van der Waals surface area contributed by atoms with Gasteiger partial charge in [-0.1, -0.05) is 40.2 Å². The summed E-state index contributed by atoms with van der Waals surface area (Å²) in [6, 6.07) is 4.17. The summed E-state index contributed by atoms with van der Waals surface area (Å²) in [7, 11) is 0. The second kappa shape index (κ2) is 7.47. The Hall–Kier alpha value is -1.31. The highest BCUT2D eigenvalue weighted by Gasteiger charge is 2.21. The van der Waals surface area contributed by atoms with Crippen molar-refractivity contribution in [3.63, 3.8) is 0 Å². The zero-order valence-corrected chi connectivity index (χ0v) is 13.9. The second-order valence-electron chi connectivity index (χ2n) is 5.98. The summed E-state index contributed by atoms with van der Waals surface area (Å²) in [5, 5.41) is 0. The van der Waals surface area contributed by atoms with Gasteiger partial charge in [0.1, 0.15) is 0 Å². The number of nitrogens with zero attached hydrogens (tertiary/aromatic N) is 2. The van der Waals surface area contributed by atoms with Gasteiger partial charge in [0, 0.05) is 36.2 Å². The molecule has 0 unspecified atom stereocenters. The fraction of sp³-hybridized carbons (Fsp3) is 0.611. The third-order valence-electron chi connectivity index (χ3n) is 4.70. The van der Waals surface area contributed by atoms with Crippen molar-refractivity contribution in [3.05, 3.63) is 36.2 Å². The van der Waals surface area contributed by atoms with Gasteiger partial charge >= 0.3 is 0 Å². The predicted molar refractivity (Wildman–Crippen MR) is 88.6 cm³/mol. The van der Waals surface area contributed by atoms with Crippen molar-refractivity contribution in [1.29, 1.82) is 0 Å². The van der Waals surface area contributed by atoms with E-state index in [1.54, 1.807) is 0 Å². The smallest absolute Gasteiger partial charge is 0.0382 e. The lowest BCUT2D eigenvalue weighted by Crippen LogP contribution is -2.27. The Morgan fingerprint density at radius 2 is 1.90 bits per heavy atom. The molecule has 0 saturated carbocycles. The van der Waals surface area contributed by atoms with Gasteiger partial charge in [0.2, 0.25) is 0 Å². The quantitative estimate of drug-likeness (QED) is 0.670. The van der Waals surface area contributed by atoms with Gasteiger partial charge in [0.25, 0.3) is 0 Å². The van der Waals surface area contributed by atoms with Crippen LogP contribution in [0, 0.1) is 12.3 Å². The molecule has 0 N–H and O–H groups in total. The van der Waals surface area contributed by atoms with E-state index in [2.05, 4.69) is 56.3 Å². The van der Waals surface area contributed by atoms with Crippen LogP contribution in [0.3, 0.4) is 0 Å². The fourth-order valence-corrected chi connectivity index (χ4v) is 2.31. The fourth-order valence-electron chi connectivity index (χ4n) is 2.31. The van der Waals surface area contributed by atoms with E-state index in [0.717, 1.165) is 30.0 Å². The third kappa shape index (κ3) is 4.36. The zero-order valence-electron chi connectivity index (χ0n) is 13.9. The maximum atomic E-state index is 4.37. The van der Waals surface area contributed by atoms with Gasteiger partial charge in [-0.3, -0.25) is 4.98 Å². The number of hydrogen-bond donors (Lipinski definition) is 0. The molecule has 20 heavy (non-hydrogen) atoms. The highest BCUT2D eigenvalue weighted by Crippen LogP contribution is 2.30. The summed E-state index contributed by atoms with van der Waals surface area (Å²) >= 11 is 0. The lowest BCUT2D eigenvalue weighted by Gasteiger charge is -2.32. The molecule has 0 bridgehead atoms. The van der Waals surface area contributed by atoms with Crippen LogP contribution in [0.4, 0.5) is 0 Å². The molecule has 0 aliphatic rings. The van der Waals surface area contributed by atoms with Crippen LogP contribution in [-0.4, -0.2) is 23.0 Å². The average molecular weight is 274 g/mol. The largest absolute Gasteiger partial charge is 0.372 e. The summed E-state index contributed by atoms with van der Waals surface area (Å²) in [6.45, 7) is 17.5. The molecule has 0 amide bonds. The van der Waals surface area contributed by atoms with Crippen molar-refractivity contribution in [2.45, 2.75) is 53.9 Å². The van der Waals surface area contributed by atoms with E-state index in [1.807, 2.05) is 13.1 Å². The van der Waals surface area contributed by atoms with E-state index in [0.29, 0.717) is 5.41 Å². The average Bonchev–Trinajstić information content (AvgIpc) is 2.48. The summed E-state index contributed by atoms with van der Waals surface area (Å²) in [5.74, 6) is 0. The minimum Gasteiger partial charge on any atom is -0.372 e. The van der Waals surface area contributed by atoms with Crippen LogP contribution in [0.1, 0.15) is 58.2 Å². The highest BCUT2D eigenvalue weighted by atomic mass is 15.1. The first-order valence-corrected chi connectivity index (χ1v) is 7.82. The van der Waals surface area contributed by atoms with E-state index >= 15 is 0 Å². The molecule has 1 rings (SSSR count). The molecular formula is C18H30N2. The maximum Gasteiger partial charge on any atom is 0.0382 e. The van der Waals surface area contributed by atoms with Crippen LogP contribution in [0.2, 0.25) is 0 Å². The molecule has 0 aromatic carbocycles. The molecule has 1 aromatic rings. The maximum absolute atomic E-state index is 4.37. The zero-order chi connectivity index (χ0) is 15.2. The number of aryl methyl sites for hydroxylation is 1. The molecule has 112 valence electrons. The first kappa shape index (κ1) is 16.7. The van der Waals surface area contributed by atoms with Crippen molar-refractivity contribution >= 4 is 5.70 Å². The number of aromatic nitrogens is 1. The van der Waals surface area contributed by atoms with Gasteiger partial charge in [-0.25, -0.2) is 0 Å². The van der Waals surface area contributed by atoms with Gasteiger partial charge in [0.05, 0.1) is 0 Å². The Bertz CT molecular complexity index is 416. The Balaban J connectivity index is 2.71. The molecule has 0 spiro atoms. The van der Waals surface area contributed by atoms with E-state index in [4.69, 9.17) is 0 Å². The first-order valence-electron chi connectivity index (χ1n) is 7.82. The third-order valence-corrected chi connectivity index (χ3v) is 4.70. The number of hydrogen-bond acceptors (Lipinski definition) is 2. The molecule has 2 nitrogen and oxygen atoms in total. The van der Waals surface area contributed by atoms with E-state index in [-0.39, 0.29) is 0 Å². The standard InChI is InChI=1S/C18H30N2/c1-7-18(6,8-2)12-13-20(9-3)16(5)17-11-10-15(4)19-14-17/h10-11,14H,5,7-9,12-13H2,1-4,6H3. The number of pyridine rings is 1. The van der Waals surface area contributed by atoms with Crippen LogP contribution >= 0.6 is 0 Å². The molecule has 0 saturated heterocycles. The van der Waals surface area contributed by atoms with Gasteiger partial charge in [-0.05, 0) is 37.8 Å². The predicted octanol–water partition coefficient (Wildman–Crippen LogP) is 4.90. The van der Waals surface area contributed by atoms with Gasteiger partial charge in [-0.2, -0.15) is 0 Å². The van der Waals surface area contributed by atoms with Gasteiger partial charge < -0.3 is 4.90 Å². The van der Waals surface area contributed by atoms with Crippen molar-refractivity contribution < 1.29 is 0 Å². The minimum atomic E-state index is 0.444. The normalized spacial score (nSPS) is 11.4. The molecule has 0 atom stereocenters. The Morgan fingerprint density at radius 3 is 2.35 bits per heavy atom. The summed E-state index contributed by atoms with van der Waals surface area (Å²) < 4.78 is 0. The summed E-state index contributed by atoms with van der Waals surface area (Å²) in [6.07, 6.45) is 5.62.